The van der Waals surface area contributed by atoms with Gasteiger partial charge < -0.3 is 0 Å². The number of benzene rings is 2. The first-order chi connectivity index (χ1) is 12.7. The van der Waals surface area contributed by atoms with Crippen LogP contribution in [0.4, 0.5) is 5.82 Å². The lowest BCUT2D eigenvalue weighted by atomic mass is 10.2. The Balaban J connectivity index is 1.62. The van der Waals surface area contributed by atoms with Gasteiger partial charge >= 0.3 is 0 Å². The lowest BCUT2D eigenvalue weighted by Gasteiger charge is -2.04. The van der Waals surface area contributed by atoms with E-state index in [-0.39, 0.29) is 0 Å². The minimum absolute atomic E-state index is 0.570. The molecule has 0 unspecified atom stereocenters. The molecular weight excluding hydrogens is 371 g/mol. The fourth-order valence-electron chi connectivity index (χ4n) is 2.42. The zero-order valence-corrected chi connectivity index (χ0v) is 14.9. The molecule has 2 aromatic carbocycles. The van der Waals surface area contributed by atoms with Crippen molar-refractivity contribution in [3.63, 3.8) is 0 Å². The molecule has 0 saturated heterocycles. The molecule has 1 N–H and O–H groups in total. The maximum Gasteiger partial charge on any atom is 0.168 e. The summed E-state index contributed by atoms with van der Waals surface area (Å²) >= 11 is 11.8. The van der Waals surface area contributed by atoms with Gasteiger partial charge in [-0.15, -0.1) is 0 Å². The van der Waals surface area contributed by atoms with Crippen LogP contribution in [0.1, 0.15) is 5.56 Å². The second-order valence-corrected chi connectivity index (χ2v) is 6.29. The summed E-state index contributed by atoms with van der Waals surface area (Å²) in [6, 6.07) is 14.7. The van der Waals surface area contributed by atoms with E-state index in [2.05, 4.69) is 25.6 Å². The lowest BCUT2D eigenvalue weighted by Crippen LogP contribution is -1.99. The number of rotatable bonds is 4. The molecule has 8 heteroatoms. The monoisotopic (exact) mass is 382 g/mol. The molecule has 0 amide bonds. The van der Waals surface area contributed by atoms with Gasteiger partial charge in [0.2, 0.25) is 0 Å². The van der Waals surface area contributed by atoms with Crippen LogP contribution in [0.15, 0.2) is 66.2 Å². The van der Waals surface area contributed by atoms with Crippen molar-refractivity contribution in [2.24, 2.45) is 5.10 Å². The molecule has 0 bridgehead atoms. The van der Waals surface area contributed by atoms with Crippen LogP contribution >= 0.6 is 23.2 Å². The van der Waals surface area contributed by atoms with Crippen molar-refractivity contribution in [2.45, 2.75) is 0 Å². The molecule has 26 heavy (non-hydrogen) atoms. The van der Waals surface area contributed by atoms with Crippen molar-refractivity contribution in [1.29, 1.82) is 0 Å². The molecule has 0 spiro atoms. The zero-order chi connectivity index (χ0) is 17.9. The van der Waals surface area contributed by atoms with E-state index in [1.54, 1.807) is 29.2 Å². The molecule has 0 aliphatic heterocycles. The number of aromatic nitrogens is 4. The van der Waals surface area contributed by atoms with Gasteiger partial charge in [-0.25, -0.2) is 14.6 Å². The van der Waals surface area contributed by atoms with E-state index in [9.17, 15) is 0 Å². The van der Waals surface area contributed by atoms with Crippen LogP contribution in [-0.4, -0.2) is 26.0 Å². The van der Waals surface area contributed by atoms with Crippen molar-refractivity contribution < 1.29 is 0 Å². The van der Waals surface area contributed by atoms with Crippen molar-refractivity contribution in [1.82, 2.24) is 19.7 Å². The number of anilines is 1. The predicted octanol–water partition coefficient (Wildman–Crippen LogP) is 4.57. The summed E-state index contributed by atoms with van der Waals surface area (Å²) in [5.41, 5.74) is 5.39. The van der Waals surface area contributed by atoms with E-state index in [1.165, 1.54) is 6.33 Å². The van der Waals surface area contributed by atoms with E-state index in [0.717, 1.165) is 16.6 Å². The topological polar surface area (TPSA) is 68.0 Å². The molecule has 2 aromatic heterocycles. The molecule has 2 heterocycles. The Morgan fingerprint density at radius 1 is 0.923 bits per heavy atom. The number of hydrogen-bond donors (Lipinski definition) is 1. The van der Waals surface area contributed by atoms with Gasteiger partial charge in [0, 0.05) is 10.0 Å². The van der Waals surface area contributed by atoms with Gasteiger partial charge in [-0.1, -0.05) is 35.3 Å². The van der Waals surface area contributed by atoms with Crippen LogP contribution in [0.3, 0.4) is 0 Å². The molecule has 0 aliphatic carbocycles. The Labute approximate surface area is 159 Å². The third kappa shape index (κ3) is 3.37. The van der Waals surface area contributed by atoms with Crippen molar-refractivity contribution in [3.05, 3.63) is 76.7 Å². The first kappa shape index (κ1) is 16.5. The Hall–Kier alpha value is -2.96. The first-order valence-corrected chi connectivity index (χ1v) is 8.45. The van der Waals surface area contributed by atoms with E-state index < -0.39 is 0 Å². The predicted molar refractivity (Wildman–Crippen MR) is 104 cm³/mol. The number of hydrazone groups is 1. The van der Waals surface area contributed by atoms with Gasteiger partial charge in [-0.05, 0) is 42.0 Å². The highest BCUT2D eigenvalue weighted by Crippen LogP contribution is 2.22. The fourth-order valence-corrected chi connectivity index (χ4v) is 2.67. The third-order valence-electron chi connectivity index (χ3n) is 3.69. The van der Waals surface area contributed by atoms with Crippen LogP contribution in [0, 0.1) is 0 Å². The largest absolute Gasteiger partial charge is 0.261 e. The molecule has 4 aromatic rings. The Morgan fingerprint density at radius 2 is 1.62 bits per heavy atom. The number of nitrogens with zero attached hydrogens (tertiary/aromatic N) is 5. The minimum Gasteiger partial charge on any atom is -0.261 e. The summed E-state index contributed by atoms with van der Waals surface area (Å²) in [6.07, 6.45) is 4.86. The number of hydrogen-bond acceptors (Lipinski definition) is 5. The van der Waals surface area contributed by atoms with Gasteiger partial charge in [0.25, 0.3) is 0 Å². The number of halogens is 2. The summed E-state index contributed by atoms with van der Waals surface area (Å²) in [6.45, 7) is 0. The van der Waals surface area contributed by atoms with E-state index >= 15 is 0 Å². The van der Waals surface area contributed by atoms with Crippen molar-refractivity contribution in [2.75, 3.05) is 5.43 Å². The van der Waals surface area contributed by atoms with Crippen LogP contribution < -0.4 is 5.43 Å². The quantitative estimate of drug-likeness (QED) is 0.414. The van der Waals surface area contributed by atoms with E-state index in [0.29, 0.717) is 21.5 Å². The smallest absolute Gasteiger partial charge is 0.168 e. The maximum atomic E-state index is 5.94. The van der Waals surface area contributed by atoms with Crippen LogP contribution in [0.25, 0.3) is 16.7 Å². The lowest BCUT2D eigenvalue weighted by molar-refractivity contribution is 0.895. The second kappa shape index (κ2) is 7.11. The number of fused-ring (bicyclic) bond motifs is 1. The average Bonchev–Trinajstić information content (AvgIpc) is 3.09. The zero-order valence-electron chi connectivity index (χ0n) is 13.3. The highest BCUT2D eigenvalue weighted by Gasteiger charge is 2.10. The van der Waals surface area contributed by atoms with Crippen LogP contribution in [-0.2, 0) is 0 Å². The minimum atomic E-state index is 0.570. The summed E-state index contributed by atoms with van der Waals surface area (Å²) in [5, 5.41) is 10.7. The molecule has 0 atom stereocenters. The second-order valence-electron chi connectivity index (χ2n) is 5.41. The molecule has 0 aliphatic rings. The van der Waals surface area contributed by atoms with Gasteiger partial charge in [0.15, 0.2) is 11.5 Å². The normalized spacial score (nSPS) is 11.3. The summed E-state index contributed by atoms with van der Waals surface area (Å²) in [4.78, 5) is 8.57. The van der Waals surface area contributed by atoms with Crippen molar-refractivity contribution in [3.8, 4) is 5.69 Å². The Bertz CT molecular complexity index is 1070. The fraction of sp³-hybridized carbons (Fsp3) is 0. The molecular formula is C18H12Cl2N6. The van der Waals surface area contributed by atoms with Gasteiger partial charge in [-0.3, -0.25) is 5.43 Å². The average molecular weight is 383 g/mol. The first-order valence-electron chi connectivity index (χ1n) is 7.70. The third-order valence-corrected chi connectivity index (χ3v) is 4.20. The summed E-state index contributed by atoms with van der Waals surface area (Å²) < 4.78 is 1.72. The Kier molecular flexibility index (Phi) is 4.51. The molecule has 6 nitrogen and oxygen atoms in total. The van der Waals surface area contributed by atoms with Gasteiger partial charge in [-0.2, -0.15) is 10.2 Å². The van der Waals surface area contributed by atoms with Gasteiger partial charge in [0.05, 0.1) is 23.5 Å². The standard InChI is InChI=1S/C18H12Cl2N6/c19-13-3-1-12(2-4-13)9-23-25-17-16-10-24-26(18(16)22-11-21-17)15-7-5-14(20)6-8-15/h1-11H,(H,21,22,25)/b23-9+. The number of nitrogens with one attached hydrogen (secondary N) is 1. The summed E-state index contributed by atoms with van der Waals surface area (Å²) in [7, 11) is 0. The molecule has 0 fully saturated rings. The highest BCUT2D eigenvalue weighted by molar-refractivity contribution is 6.30. The Morgan fingerprint density at radius 3 is 2.35 bits per heavy atom. The molecule has 4 rings (SSSR count). The summed E-state index contributed by atoms with van der Waals surface area (Å²) in [5.74, 6) is 0.570. The maximum absolute atomic E-state index is 5.94. The van der Waals surface area contributed by atoms with Gasteiger partial charge in [0.1, 0.15) is 6.33 Å². The van der Waals surface area contributed by atoms with E-state index in [4.69, 9.17) is 23.2 Å². The van der Waals surface area contributed by atoms with Crippen LogP contribution in [0.5, 0.6) is 0 Å². The van der Waals surface area contributed by atoms with Crippen molar-refractivity contribution >= 4 is 46.3 Å². The molecule has 0 radical (unpaired) electrons. The SMILES string of the molecule is Clc1ccc(/C=N/Nc2ncnc3c2cnn3-c2ccc(Cl)cc2)cc1. The highest BCUT2D eigenvalue weighted by atomic mass is 35.5. The molecule has 0 saturated carbocycles. The van der Waals surface area contributed by atoms with E-state index in [1.807, 2.05) is 36.4 Å². The van der Waals surface area contributed by atoms with Crippen LogP contribution in [0.2, 0.25) is 10.0 Å². The molecule has 128 valence electrons.